The van der Waals surface area contributed by atoms with Crippen molar-refractivity contribution in [2.45, 2.75) is 6.92 Å². The topological polar surface area (TPSA) is 102 Å². The Bertz CT molecular complexity index is 1000. The van der Waals surface area contributed by atoms with Gasteiger partial charge >= 0.3 is 0 Å². The molecule has 1 aliphatic heterocycles. The van der Waals surface area contributed by atoms with Crippen molar-refractivity contribution in [2.24, 2.45) is 5.10 Å². The molecule has 0 aliphatic carbocycles. The molecule has 1 aromatic carbocycles. The number of aromatic amines is 2. The van der Waals surface area contributed by atoms with Crippen LogP contribution in [0, 0.1) is 4.77 Å². The van der Waals surface area contributed by atoms with Gasteiger partial charge in [0, 0.05) is 4.47 Å². The number of nitrogens with one attached hydrogen (secondary N) is 2. The average Bonchev–Trinajstić information content (AvgIpc) is 2.79. The van der Waals surface area contributed by atoms with E-state index in [9.17, 15) is 14.7 Å². The summed E-state index contributed by atoms with van der Waals surface area (Å²) in [7, 11) is 0. The minimum atomic E-state index is -0.591. The first kappa shape index (κ1) is 16.3. The molecule has 0 saturated heterocycles. The third-order valence-corrected chi connectivity index (χ3v) is 4.11. The van der Waals surface area contributed by atoms with Crippen molar-refractivity contribution >= 4 is 51.5 Å². The number of nitrogens with zero attached hydrogens (tertiary/aromatic N) is 2. The highest BCUT2D eigenvalue weighted by atomic mass is 79.9. The van der Waals surface area contributed by atoms with Crippen LogP contribution in [0.4, 0.5) is 5.69 Å². The van der Waals surface area contributed by atoms with Crippen LogP contribution in [-0.2, 0) is 4.79 Å². The summed E-state index contributed by atoms with van der Waals surface area (Å²) in [4.78, 5) is 29.3. The molecular weight excluding hydrogens is 396 g/mol. The second-order valence-corrected chi connectivity index (χ2v) is 6.33. The van der Waals surface area contributed by atoms with Crippen LogP contribution in [0.25, 0.3) is 6.08 Å². The minimum absolute atomic E-state index is 0.000670. The standard InChI is InChI=1S/C15H11BrN4O3S/c1-7-10(6-11-12(21)17-15(24)18-13(11)22)14(23)20(19-7)9-4-2-8(16)3-5-9/h2-6H,1H3,(H3,17,18,21,22,24)/b10-6-. The van der Waals surface area contributed by atoms with Crippen LogP contribution in [0.3, 0.4) is 0 Å². The van der Waals surface area contributed by atoms with E-state index < -0.39 is 17.3 Å². The molecule has 2 heterocycles. The van der Waals surface area contributed by atoms with Gasteiger partial charge in [-0.1, -0.05) is 15.9 Å². The molecule has 3 rings (SSSR count). The molecule has 24 heavy (non-hydrogen) atoms. The zero-order chi connectivity index (χ0) is 17.4. The number of aromatic nitrogens is 2. The summed E-state index contributed by atoms with van der Waals surface area (Å²) >= 11 is 8.10. The van der Waals surface area contributed by atoms with E-state index in [-0.39, 0.29) is 15.9 Å². The van der Waals surface area contributed by atoms with Crippen molar-refractivity contribution in [3.8, 4) is 5.88 Å². The van der Waals surface area contributed by atoms with E-state index in [2.05, 4.69) is 31.0 Å². The highest BCUT2D eigenvalue weighted by Gasteiger charge is 2.29. The van der Waals surface area contributed by atoms with E-state index in [4.69, 9.17) is 12.2 Å². The highest BCUT2D eigenvalue weighted by Crippen LogP contribution is 2.26. The Morgan fingerprint density at radius 2 is 1.92 bits per heavy atom. The number of H-pyrrole nitrogens is 2. The molecule has 0 radical (unpaired) electrons. The number of aromatic hydroxyl groups is 1. The second-order valence-electron chi connectivity index (χ2n) is 5.01. The lowest BCUT2D eigenvalue weighted by molar-refractivity contribution is -0.114. The lowest BCUT2D eigenvalue weighted by Crippen LogP contribution is -2.21. The largest absolute Gasteiger partial charge is 0.494 e. The predicted octanol–water partition coefficient (Wildman–Crippen LogP) is 2.71. The fourth-order valence-corrected chi connectivity index (χ4v) is 2.66. The van der Waals surface area contributed by atoms with Crippen molar-refractivity contribution in [3.63, 3.8) is 0 Å². The zero-order valence-electron chi connectivity index (χ0n) is 12.3. The maximum Gasteiger partial charge on any atom is 0.280 e. The lowest BCUT2D eigenvalue weighted by Gasteiger charge is -2.11. The predicted molar refractivity (Wildman–Crippen MR) is 96.6 cm³/mol. The molecule has 0 saturated carbocycles. The number of carbonyl (C=O) groups excluding carboxylic acids is 1. The first-order valence-corrected chi connectivity index (χ1v) is 8.00. The Morgan fingerprint density at radius 1 is 1.25 bits per heavy atom. The molecule has 1 amide bonds. The van der Waals surface area contributed by atoms with E-state index >= 15 is 0 Å². The van der Waals surface area contributed by atoms with Gasteiger partial charge in [-0.05, 0) is 49.5 Å². The van der Waals surface area contributed by atoms with Crippen molar-refractivity contribution in [3.05, 3.63) is 55.0 Å². The minimum Gasteiger partial charge on any atom is -0.494 e. The summed E-state index contributed by atoms with van der Waals surface area (Å²) in [5.74, 6) is -0.796. The van der Waals surface area contributed by atoms with Gasteiger partial charge < -0.3 is 10.1 Å². The van der Waals surface area contributed by atoms with Crippen LogP contribution in [0.5, 0.6) is 5.88 Å². The molecule has 7 nitrogen and oxygen atoms in total. The number of hydrogen-bond acceptors (Lipinski definition) is 5. The van der Waals surface area contributed by atoms with Gasteiger partial charge in [0.1, 0.15) is 5.56 Å². The van der Waals surface area contributed by atoms with Gasteiger partial charge in [0.15, 0.2) is 4.77 Å². The fraction of sp³-hybridized carbons (Fsp3) is 0.0667. The summed E-state index contributed by atoms with van der Waals surface area (Å²) in [5, 5.41) is 15.3. The van der Waals surface area contributed by atoms with Gasteiger partial charge in [0.25, 0.3) is 11.5 Å². The van der Waals surface area contributed by atoms with Crippen LogP contribution in [0.2, 0.25) is 0 Å². The van der Waals surface area contributed by atoms with E-state index in [0.717, 1.165) is 4.47 Å². The SMILES string of the molecule is CC1=NN(c2ccc(Br)cc2)C(=O)/C1=C\c1c(O)[nH]c(=S)[nH]c1=O. The van der Waals surface area contributed by atoms with Crippen LogP contribution in [0.1, 0.15) is 12.5 Å². The second kappa shape index (κ2) is 6.17. The number of rotatable bonds is 2. The number of hydrogen-bond donors (Lipinski definition) is 3. The quantitative estimate of drug-likeness (QED) is 0.526. The molecule has 1 aliphatic rings. The maximum atomic E-state index is 12.6. The van der Waals surface area contributed by atoms with Crippen LogP contribution in [-0.4, -0.2) is 26.7 Å². The Morgan fingerprint density at radius 3 is 2.54 bits per heavy atom. The first-order chi connectivity index (χ1) is 11.4. The van der Waals surface area contributed by atoms with Gasteiger partial charge in [-0.2, -0.15) is 10.1 Å². The van der Waals surface area contributed by atoms with Crippen LogP contribution < -0.4 is 10.6 Å². The third kappa shape index (κ3) is 2.95. The molecule has 0 spiro atoms. The Balaban J connectivity index is 2.04. The summed E-state index contributed by atoms with van der Waals surface area (Å²) in [5.41, 5.74) is 0.565. The molecule has 0 bridgehead atoms. The molecule has 2 aromatic rings. The van der Waals surface area contributed by atoms with Crippen molar-refractivity contribution in [1.29, 1.82) is 0 Å². The number of anilines is 1. The fourth-order valence-electron chi connectivity index (χ4n) is 2.20. The molecular formula is C15H11BrN4O3S. The molecule has 1 aromatic heterocycles. The molecule has 0 unspecified atom stereocenters. The molecule has 0 fully saturated rings. The summed E-state index contributed by atoms with van der Waals surface area (Å²) in [6, 6.07) is 7.07. The van der Waals surface area contributed by atoms with E-state index in [1.165, 1.54) is 11.1 Å². The number of hydrazone groups is 1. The Hall–Kier alpha value is -2.52. The normalized spacial score (nSPS) is 15.9. The number of carbonyl (C=O) groups is 1. The van der Waals surface area contributed by atoms with E-state index in [1.54, 1.807) is 31.2 Å². The van der Waals surface area contributed by atoms with Crippen molar-refractivity contribution in [1.82, 2.24) is 9.97 Å². The molecule has 0 atom stereocenters. The average molecular weight is 407 g/mol. The van der Waals surface area contributed by atoms with Crippen molar-refractivity contribution < 1.29 is 9.90 Å². The number of amides is 1. The van der Waals surface area contributed by atoms with Gasteiger partial charge in [-0.15, -0.1) is 0 Å². The van der Waals surface area contributed by atoms with E-state index in [1.807, 2.05) is 0 Å². The molecule has 3 N–H and O–H groups in total. The third-order valence-electron chi connectivity index (χ3n) is 3.38. The zero-order valence-corrected chi connectivity index (χ0v) is 14.7. The molecule has 9 heteroatoms. The Labute approximate surface area is 149 Å². The summed E-state index contributed by atoms with van der Waals surface area (Å²) in [6.45, 7) is 1.65. The smallest absolute Gasteiger partial charge is 0.280 e. The van der Waals surface area contributed by atoms with E-state index in [0.29, 0.717) is 11.4 Å². The Kier molecular flexibility index (Phi) is 4.20. The number of benzene rings is 1. The van der Waals surface area contributed by atoms with Gasteiger partial charge in [-0.3, -0.25) is 14.6 Å². The number of halogens is 1. The van der Waals surface area contributed by atoms with Gasteiger partial charge in [-0.25, -0.2) is 0 Å². The molecule has 122 valence electrons. The summed E-state index contributed by atoms with van der Waals surface area (Å²) < 4.78 is 0.879. The summed E-state index contributed by atoms with van der Waals surface area (Å²) in [6.07, 6.45) is 1.29. The van der Waals surface area contributed by atoms with Crippen molar-refractivity contribution in [2.75, 3.05) is 5.01 Å². The van der Waals surface area contributed by atoms with Gasteiger partial charge in [0.05, 0.1) is 17.0 Å². The monoisotopic (exact) mass is 406 g/mol. The van der Waals surface area contributed by atoms with Crippen LogP contribution >= 0.6 is 28.1 Å². The lowest BCUT2D eigenvalue weighted by atomic mass is 10.1. The van der Waals surface area contributed by atoms with Crippen LogP contribution in [0.15, 0.2) is 44.2 Å². The first-order valence-electron chi connectivity index (χ1n) is 6.79. The van der Waals surface area contributed by atoms with Gasteiger partial charge in [0.2, 0.25) is 5.88 Å². The maximum absolute atomic E-state index is 12.6. The highest BCUT2D eigenvalue weighted by molar-refractivity contribution is 9.10.